The number of nitrogens with two attached hydrogens (primary N) is 1. The molecule has 11 nitrogen and oxygen atoms in total. The number of hydrogen-bond acceptors (Lipinski definition) is 9. The highest BCUT2D eigenvalue weighted by Gasteiger charge is 2.42. The average molecular weight is 689 g/mol. The van der Waals surface area contributed by atoms with Gasteiger partial charge in [0.2, 0.25) is 0 Å². The molecule has 4 N–H and O–H groups in total. The summed E-state index contributed by atoms with van der Waals surface area (Å²) in [7, 11) is 0. The van der Waals surface area contributed by atoms with Gasteiger partial charge in [0.25, 0.3) is 0 Å². The molecule has 2 aliphatic heterocycles. The third-order valence-corrected chi connectivity index (χ3v) is 10.3. The standard InChI is InChI=1S/C19H20FN3O3.C14H16FNO.C4H6N2O/c20-14-2-1-13-8-19(9-17(24)16(13)7-14)3-5-23(6-4-19)18(25)21-10-15-11-26-12-22-15;15-11-2-1-10-8-14(3-5-16-6-4-14)9-13(17)12(10)7-11;5-1-4-2-7-3-6-4/h1-2,7,11-12H,3-6,8-10H2,(H,21,25);1-2,7,16H,3-6,8-9H2;2-3H,1,5H2. The van der Waals surface area contributed by atoms with Crippen molar-refractivity contribution in [2.24, 2.45) is 16.6 Å². The molecule has 4 heterocycles. The number of carbonyl (C=O) groups excluding carboxylic acids is 3. The van der Waals surface area contributed by atoms with Gasteiger partial charge in [-0.2, -0.15) is 0 Å². The molecule has 2 amide bonds. The highest BCUT2D eigenvalue weighted by molar-refractivity contribution is 5.99. The van der Waals surface area contributed by atoms with Gasteiger partial charge < -0.3 is 30.1 Å². The Kier molecular flexibility index (Phi) is 10.8. The monoisotopic (exact) mass is 688 g/mol. The first kappa shape index (κ1) is 35.1. The van der Waals surface area contributed by atoms with E-state index in [4.69, 9.17) is 10.2 Å². The molecule has 2 aromatic carbocycles. The Balaban J connectivity index is 0.000000153. The van der Waals surface area contributed by atoms with Crippen molar-refractivity contribution in [2.45, 2.75) is 64.5 Å². The molecule has 4 aromatic rings. The summed E-state index contributed by atoms with van der Waals surface area (Å²) >= 11 is 0. The van der Waals surface area contributed by atoms with Crippen molar-refractivity contribution < 1.29 is 32.0 Å². The van der Waals surface area contributed by atoms with E-state index in [2.05, 4.69) is 25.0 Å². The maximum Gasteiger partial charge on any atom is 0.317 e. The highest BCUT2D eigenvalue weighted by Crippen LogP contribution is 2.44. The summed E-state index contributed by atoms with van der Waals surface area (Å²) in [6.07, 6.45) is 12.1. The molecule has 0 atom stereocenters. The SMILES string of the molecule is NCc1cocn1.O=C1CC2(CCN(C(=O)NCc3cocn3)CC2)Cc2ccc(F)cc21.O=C1CC2(CCNCC2)Cc2ccc(F)cc21. The number of carbonyl (C=O) groups is 3. The number of Topliss-reactive ketones (excluding diaryl/α,β-unsaturated/α-hetero) is 2. The van der Waals surface area contributed by atoms with Crippen molar-refractivity contribution in [3.05, 3.63) is 107 Å². The Labute approximate surface area is 289 Å². The van der Waals surface area contributed by atoms with Gasteiger partial charge in [-0.25, -0.2) is 23.5 Å². The van der Waals surface area contributed by atoms with E-state index in [-0.39, 0.29) is 40.1 Å². The number of hydrogen-bond donors (Lipinski definition) is 3. The predicted octanol–water partition coefficient (Wildman–Crippen LogP) is 5.39. The molecule has 2 fully saturated rings. The van der Waals surface area contributed by atoms with Gasteiger partial charge in [-0.3, -0.25) is 9.59 Å². The van der Waals surface area contributed by atoms with Gasteiger partial charge in [-0.15, -0.1) is 0 Å². The van der Waals surface area contributed by atoms with Gasteiger partial charge in [0.05, 0.1) is 17.9 Å². The molecule has 8 rings (SSSR count). The van der Waals surface area contributed by atoms with E-state index in [1.54, 1.807) is 17.0 Å². The predicted molar refractivity (Wildman–Crippen MR) is 179 cm³/mol. The van der Waals surface area contributed by atoms with E-state index < -0.39 is 0 Å². The number of amides is 2. The fourth-order valence-corrected chi connectivity index (χ4v) is 7.52. The van der Waals surface area contributed by atoms with Crippen LogP contribution in [0.3, 0.4) is 0 Å². The van der Waals surface area contributed by atoms with E-state index in [1.165, 1.54) is 49.6 Å². The fourth-order valence-electron chi connectivity index (χ4n) is 7.52. The van der Waals surface area contributed by atoms with Crippen molar-refractivity contribution in [2.75, 3.05) is 26.2 Å². The maximum absolute atomic E-state index is 13.4. The minimum atomic E-state index is -0.369. The number of fused-ring (bicyclic) bond motifs is 2. The molecule has 4 aliphatic rings. The van der Waals surface area contributed by atoms with Crippen LogP contribution in [0, 0.1) is 22.5 Å². The summed E-state index contributed by atoms with van der Waals surface area (Å²) < 4.78 is 36.0. The van der Waals surface area contributed by atoms with Crippen LogP contribution in [0.2, 0.25) is 0 Å². The zero-order chi connectivity index (χ0) is 35.1. The van der Waals surface area contributed by atoms with Crippen LogP contribution in [0.15, 0.2) is 70.5 Å². The van der Waals surface area contributed by atoms with Crippen molar-refractivity contribution in [1.29, 1.82) is 0 Å². The number of urea groups is 1. The molecular formula is C37H42F2N6O5. The molecule has 0 radical (unpaired) electrons. The molecule has 2 saturated heterocycles. The van der Waals surface area contributed by atoms with Crippen molar-refractivity contribution >= 4 is 17.6 Å². The van der Waals surface area contributed by atoms with Crippen LogP contribution in [-0.2, 0) is 25.9 Å². The van der Waals surface area contributed by atoms with Gasteiger partial charge in [0, 0.05) is 43.6 Å². The number of ketones is 2. The van der Waals surface area contributed by atoms with Crippen LogP contribution in [0.25, 0.3) is 0 Å². The third kappa shape index (κ3) is 8.33. The Morgan fingerprint density at radius 3 is 1.80 bits per heavy atom. The second-order valence-electron chi connectivity index (χ2n) is 13.7. The van der Waals surface area contributed by atoms with E-state index in [0.29, 0.717) is 55.8 Å². The molecule has 0 unspecified atom stereocenters. The number of aromatic nitrogens is 2. The number of oxazole rings is 2. The van der Waals surface area contributed by atoms with Gasteiger partial charge in [0.1, 0.15) is 24.2 Å². The van der Waals surface area contributed by atoms with Crippen molar-refractivity contribution in [3.8, 4) is 0 Å². The van der Waals surface area contributed by atoms with Crippen molar-refractivity contribution in [1.82, 2.24) is 25.5 Å². The maximum atomic E-state index is 13.4. The lowest BCUT2D eigenvalue weighted by Gasteiger charge is -2.44. The van der Waals surface area contributed by atoms with Gasteiger partial charge in [-0.1, -0.05) is 12.1 Å². The fraction of sp³-hybridized carbons (Fsp3) is 0.432. The molecule has 2 aromatic heterocycles. The molecule has 0 saturated carbocycles. The number of nitrogens with one attached hydrogen (secondary N) is 2. The number of benzene rings is 2. The molecular weight excluding hydrogens is 646 g/mol. The molecule has 2 spiro atoms. The summed E-state index contributed by atoms with van der Waals surface area (Å²) in [6.45, 7) is 3.97. The quantitative estimate of drug-likeness (QED) is 0.257. The van der Waals surface area contributed by atoms with E-state index in [9.17, 15) is 23.2 Å². The Morgan fingerprint density at radius 1 is 0.800 bits per heavy atom. The Hall–Kier alpha value is -4.75. The number of piperidine rings is 2. The van der Waals surface area contributed by atoms with Gasteiger partial charge in [-0.05, 0) is 97.8 Å². The summed E-state index contributed by atoms with van der Waals surface area (Å²) in [5.41, 5.74) is 9.73. The summed E-state index contributed by atoms with van der Waals surface area (Å²) in [5, 5.41) is 6.17. The van der Waals surface area contributed by atoms with Crippen LogP contribution >= 0.6 is 0 Å². The van der Waals surface area contributed by atoms with E-state index in [0.717, 1.165) is 68.4 Å². The van der Waals surface area contributed by atoms with Gasteiger partial charge >= 0.3 is 6.03 Å². The summed E-state index contributed by atoms with van der Waals surface area (Å²) in [5.74, 6) is -0.549. The normalized spacial score (nSPS) is 18.7. The lowest BCUT2D eigenvalue weighted by molar-refractivity contribution is 0.0734. The zero-order valence-corrected chi connectivity index (χ0v) is 27.9. The van der Waals surface area contributed by atoms with Crippen LogP contribution in [0.1, 0.15) is 81.8 Å². The first-order chi connectivity index (χ1) is 24.2. The largest absolute Gasteiger partial charge is 0.451 e. The van der Waals surface area contributed by atoms with Crippen LogP contribution < -0.4 is 16.4 Å². The Morgan fingerprint density at radius 2 is 1.32 bits per heavy atom. The molecule has 264 valence electrons. The first-order valence-electron chi connectivity index (χ1n) is 17.0. The molecule has 2 aliphatic carbocycles. The third-order valence-electron chi connectivity index (χ3n) is 10.3. The number of likely N-dealkylation sites (tertiary alicyclic amines) is 1. The summed E-state index contributed by atoms with van der Waals surface area (Å²) in [6, 6.07) is 8.99. The smallest absolute Gasteiger partial charge is 0.317 e. The minimum Gasteiger partial charge on any atom is -0.451 e. The first-order valence-corrected chi connectivity index (χ1v) is 17.0. The van der Waals surface area contributed by atoms with Crippen LogP contribution in [0.4, 0.5) is 13.6 Å². The zero-order valence-electron chi connectivity index (χ0n) is 27.9. The van der Waals surface area contributed by atoms with Crippen LogP contribution in [-0.4, -0.2) is 58.6 Å². The van der Waals surface area contributed by atoms with Gasteiger partial charge in [0.15, 0.2) is 24.4 Å². The summed E-state index contributed by atoms with van der Waals surface area (Å²) in [4.78, 5) is 46.4. The highest BCUT2D eigenvalue weighted by atomic mass is 19.1. The lowest BCUT2D eigenvalue weighted by Crippen LogP contribution is -2.49. The Bertz CT molecular complexity index is 1780. The number of rotatable bonds is 3. The van der Waals surface area contributed by atoms with Crippen molar-refractivity contribution in [3.63, 3.8) is 0 Å². The number of halogens is 2. The van der Waals surface area contributed by atoms with Crippen LogP contribution in [0.5, 0.6) is 0 Å². The molecule has 13 heteroatoms. The number of nitrogens with zero attached hydrogens (tertiary/aromatic N) is 3. The minimum absolute atomic E-state index is 0.00897. The molecule has 50 heavy (non-hydrogen) atoms. The average Bonchev–Trinajstić information content (AvgIpc) is 3.85. The van der Waals surface area contributed by atoms with E-state index >= 15 is 0 Å². The second-order valence-corrected chi connectivity index (χ2v) is 13.7. The van der Waals surface area contributed by atoms with E-state index in [1.807, 2.05) is 0 Å². The second kappa shape index (κ2) is 15.4. The topological polar surface area (TPSA) is 157 Å². The lowest BCUT2D eigenvalue weighted by atomic mass is 9.66. The molecule has 0 bridgehead atoms.